The molecule has 0 aliphatic rings. The topological polar surface area (TPSA) is 33.1 Å². The van der Waals surface area contributed by atoms with Crippen molar-refractivity contribution in [3.8, 4) is 0 Å². The van der Waals surface area contributed by atoms with Gasteiger partial charge in [0.2, 0.25) is 0 Å². The second kappa shape index (κ2) is 4.01. The smallest absolute Gasteiger partial charge is 0.0953 e. The number of aliphatic hydroxyl groups excluding tert-OH is 1. The minimum atomic E-state index is -0.285. The van der Waals surface area contributed by atoms with E-state index in [1.165, 1.54) is 0 Å². The molecule has 1 aromatic rings. The lowest BCUT2D eigenvalue weighted by Gasteiger charge is -1.99. The minimum Gasteiger partial charge on any atom is -0.393 e. The van der Waals surface area contributed by atoms with E-state index in [1.807, 2.05) is 5.38 Å². The van der Waals surface area contributed by atoms with E-state index in [0.717, 1.165) is 10.7 Å². The van der Waals surface area contributed by atoms with Gasteiger partial charge in [0.1, 0.15) is 0 Å². The van der Waals surface area contributed by atoms with E-state index in [0.29, 0.717) is 12.3 Å². The van der Waals surface area contributed by atoms with Gasteiger partial charge in [-0.25, -0.2) is 4.98 Å². The summed E-state index contributed by atoms with van der Waals surface area (Å²) in [5.41, 5.74) is 1.01. The molecule has 0 aliphatic heterocycles. The van der Waals surface area contributed by atoms with Gasteiger partial charge in [0.25, 0.3) is 0 Å². The molecule has 0 saturated heterocycles. The van der Waals surface area contributed by atoms with Crippen LogP contribution in [0.5, 0.6) is 0 Å². The second-order valence-electron chi connectivity index (χ2n) is 3.38. The van der Waals surface area contributed by atoms with Gasteiger partial charge in [-0.3, -0.25) is 0 Å². The zero-order valence-electron chi connectivity index (χ0n) is 7.74. The van der Waals surface area contributed by atoms with Crippen molar-refractivity contribution in [2.45, 2.75) is 39.2 Å². The van der Waals surface area contributed by atoms with Crippen molar-refractivity contribution < 1.29 is 5.11 Å². The Morgan fingerprint density at radius 2 is 2.17 bits per heavy atom. The number of hydrogen-bond donors (Lipinski definition) is 1. The standard InChI is InChI=1S/C9H15NOS/c1-6(2)9-10-8(5-12-9)4-7(3)11/h5-7,11H,4H2,1-3H3. The molecule has 0 saturated carbocycles. The van der Waals surface area contributed by atoms with Crippen molar-refractivity contribution in [2.24, 2.45) is 0 Å². The summed E-state index contributed by atoms with van der Waals surface area (Å²) in [5, 5.41) is 12.3. The van der Waals surface area contributed by atoms with Gasteiger partial charge in [-0.2, -0.15) is 0 Å². The van der Waals surface area contributed by atoms with E-state index < -0.39 is 0 Å². The lowest BCUT2D eigenvalue weighted by molar-refractivity contribution is 0.194. The molecular weight excluding hydrogens is 170 g/mol. The quantitative estimate of drug-likeness (QED) is 0.783. The van der Waals surface area contributed by atoms with Crippen molar-refractivity contribution in [3.05, 3.63) is 16.1 Å². The number of aliphatic hydroxyl groups is 1. The Labute approximate surface area is 77.3 Å². The van der Waals surface area contributed by atoms with Crippen molar-refractivity contribution >= 4 is 11.3 Å². The highest BCUT2D eigenvalue weighted by Gasteiger charge is 2.06. The molecule has 0 spiro atoms. The molecule has 68 valence electrons. The lowest BCUT2D eigenvalue weighted by Crippen LogP contribution is -2.04. The van der Waals surface area contributed by atoms with Crippen LogP contribution >= 0.6 is 11.3 Å². The van der Waals surface area contributed by atoms with Crippen LogP contribution in [0.3, 0.4) is 0 Å². The summed E-state index contributed by atoms with van der Waals surface area (Å²) in [7, 11) is 0. The summed E-state index contributed by atoms with van der Waals surface area (Å²) in [4.78, 5) is 4.41. The van der Waals surface area contributed by atoms with Crippen LogP contribution in [0.25, 0.3) is 0 Å². The number of aromatic nitrogens is 1. The maximum absolute atomic E-state index is 9.12. The molecule has 1 aromatic heterocycles. The SMILES string of the molecule is CC(O)Cc1csc(C(C)C)n1. The summed E-state index contributed by atoms with van der Waals surface area (Å²) >= 11 is 1.68. The first-order valence-electron chi connectivity index (χ1n) is 4.22. The van der Waals surface area contributed by atoms with Gasteiger partial charge in [-0.1, -0.05) is 13.8 Å². The van der Waals surface area contributed by atoms with Crippen molar-refractivity contribution in [2.75, 3.05) is 0 Å². The Morgan fingerprint density at radius 3 is 2.58 bits per heavy atom. The van der Waals surface area contributed by atoms with Gasteiger partial charge in [-0.15, -0.1) is 11.3 Å². The molecule has 1 heterocycles. The Hall–Kier alpha value is -0.410. The molecule has 12 heavy (non-hydrogen) atoms. The number of rotatable bonds is 3. The molecule has 1 rings (SSSR count). The van der Waals surface area contributed by atoms with E-state index in [1.54, 1.807) is 18.3 Å². The number of hydrogen-bond acceptors (Lipinski definition) is 3. The maximum Gasteiger partial charge on any atom is 0.0953 e. The third-order valence-corrected chi connectivity index (χ3v) is 2.76. The highest BCUT2D eigenvalue weighted by atomic mass is 32.1. The second-order valence-corrected chi connectivity index (χ2v) is 4.27. The predicted octanol–water partition coefficient (Wildman–Crippen LogP) is 2.19. The molecule has 1 N–H and O–H groups in total. The fourth-order valence-corrected chi connectivity index (χ4v) is 1.83. The molecular formula is C9H15NOS. The summed E-state index contributed by atoms with van der Waals surface area (Å²) in [6, 6.07) is 0. The van der Waals surface area contributed by atoms with Crippen LogP contribution < -0.4 is 0 Å². The molecule has 0 bridgehead atoms. The van der Waals surface area contributed by atoms with Crippen molar-refractivity contribution in [3.63, 3.8) is 0 Å². The number of nitrogens with zero attached hydrogens (tertiary/aromatic N) is 1. The van der Waals surface area contributed by atoms with Gasteiger partial charge in [0, 0.05) is 17.7 Å². The largest absolute Gasteiger partial charge is 0.393 e. The molecule has 0 amide bonds. The van der Waals surface area contributed by atoms with Crippen LogP contribution in [0.4, 0.5) is 0 Å². The Morgan fingerprint density at radius 1 is 1.50 bits per heavy atom. The molecule has 2 nitrogen and oxygen atoms in total. The van der Waals surface area contributed by atoms with E-state index in [-0.39, 0.29) is 6.10 Å². The molecule has 0 radical (unpaired) electrons. The summed E-state index contributed by atoms with van der Waals surface area (Å²) in [6.07, 6.45) is 0.385. The van der Waals surface area contributed by atoms with E-state index in [9.17, 15) is 0 Å². The zero-order chi connectivity index (χ0) is 9.14. The minimum absolute atomic E-state index is 0.285. The van der Waals surface area contributed by atoms with Crippen LogP contribution in [0.15, 0.2) is 5.38 Å². The van der Waals surface area contributed by atoms with E-state index in [4.69, 9.17) is 5.11 Å². The highest BCUT2D eigenvalue weighted by molar-refractivity contribution is 7.09. The van der Waals surface area contributed by atoms with Gasteiger partial charge in [0.05, 0.1) is 16.8 Å². The van der Waals surface area contributed by atoms with E-state index in [2.05, 4.69) is 18.8 Å². The predicted molar refractivity (Wildman–Crippen MR) is 51.6 cm³/mol. The Balaban J connectivity index is 2.64. The van der Waals surface area contributed by atoms with Gasteiger partial charge in [0.15, 0.2) is 0 Å². The summed E-state index contributed by atoms with van der Waals surface area (Å²) < 4.78 is 0. The summed E-state index contributed by atoms with van der Waals surface area (Å²) in [6.45, 7) is 6.05. The Bertz CT molecular complexity index is 242. The molecule has 0 aromatic carbocycles. The lowest BCUT2D eigenvalue weighted by atomic mass is 10.2. The zero-order valence-corrected chi connectivity index (χ0v) is 8.56. The monoisotopic (exact) mass is 185 g/mol. The average Bonchev–Trinajstić information content (AvgIpc) is 2.34. The maximum atomic E-state index is 9.12. The third-order valence-electron chi connectivity index (χ3n) is 1.57. The fraction of sp³-hybridized carbons (Fsp3) is 0.667. The first-order chi connectivity index (χ1) is 5.59. The fourth-order valence-electron chi connectivity index (χ4n) is 0.984. The first-order valence-corrected chi connectivity index (χ1v) is 5.10. The van der Waals surface area contributed by atoms with E-state index >= 15 is 0 Å². The third kappa shape index (κ3) is 2.57. The summed E-state index contributed by atoms with van der Waals surface area (Å²) in [5.74, 6) is 0.498. The van der Waals surface area contributed by atoms with Crippen molar-refractivity contribution in [1.29, 1.82) is 0 Å². The highest BCUT2D eigenvalue weighted by Crippen LogP contribution is 2.19. The van der Waals surface area contributed by atoms with Crippen LogP contribution in [-0.4, -0.2) is 16.2 Å². The van der Waals surface area contributed by atoms with Crippen LogP contribution in [0.1, 0.15) is 37.4 Å². The van der Waals surface area contributed by atoms with Crippen LogP contribution in [-0.2, 0) is 6.42 Å². The molecule has 0 aliphatic carbocycles. The van der Waals surface area contributed by atoms with Gasteiger partial charge in [-0.05, 0) is 6.92 Å². The Kier molecular flexibility index (Phi) is 3.23. The van der Waals surface area contributed by atoms with Crippen molar-refractivity contribution in [1.82, 2.24) is 4.98 Å². The molecule has 0 fully saturated rings. The molecule has 3 heteroatoms. The van der Waals surface area contributed by atoms with Crippen LogP contribution in [0, 0.1) is 0 Å². The van der Waals surface area contributed by atoms with Crippen LogP contribution in [0.2, 0.25) is 0 Å². The average molecular weight is 185 g/mol. The number of thiazole rings is 1. The molecule has 1 unspecified atom stereocenters. The van der Waals surface area contributed by atoms with Gasteiger partial charge >= 0.3 is 0 Å². The normalized spacial score (nSPS) is 13.8. The first kappa shape index (κ1) is 9.68. The molecule has 1 atom stereocenters. The van der Waals surface area contributed by atoms with Gasteiger partial charge < -0.3 is 5.11 Å².